The minimum atomic E-state index is -0.662. The zero-order valence-electron chi connectivity index (χ0n) is 55.6. The number of esters is 1. The fourth-order valence-corrected chi connectivity index (χ4v) is 12.4. The van der Waals surface area contributed by atoms with Crippen molar-refractivity contribution in [1.29, 1.82) is 0 Å². The Morgan fingerprint density at radius 1 is 0.296 bits per heavy atom. The van der Waals surface area contributed by atoms with E-state index >= 15 is 0 Å². The summed E-state index contributed by atoms with van der Waals surface area (Å²) in [6.07, 6.45) is 87.5. The summed E-state index contributed by atoms with van der Waals surface area (Å²) in [5.41, 5.74) is 0. The highest BCUT2D eigenvalue weighted by Gasteiger charge is 2.20. The predicted octanol–water partition coefficient (Wildman–Crippen LogP) is 24.5. The van der Waals surface area contributed by atoms with Crippen LogP contribution in [0.25, 0.3) is 0 Å². The summed E-state index contributed by atoms with van der Waals surface area (Å²) >= 11 is 0. The highest BCUT2D eigenvalue weighted by atomic mass is 16.5. The Bertz CT molecular complexity index is 1180. The molecular weight excluding hydrogens is 995 g/mol. The molecule has 0 aliphatic rings. The zero-order valence-corrected chi connectivity index (χ0v) is 55.6. The molecule has 6 heteroatoms. The van der Waals surface area contributed by atoms with Gasteiger partial charge in [-0.15, -0.1) is 0 Å². The second kappa shape index (κ2) is 71.3. The second-order valence-corrected chi connectivity index (χ2v) is 26.4. The molecule has 0 rings (SSSR count). The lowest BCUT2D eigenvalue weighted by molar-refractivity contribution is -0.143. The number of nitrogens with one attached hydrogen (secondary N) is 1. The molecular formula is C75H149NO5. The summed E-state index contributed by atoms with van der Waals surface area (Å²) in [5.74, 6) is -0.00293. The van der Waals surface area contributed by atoms with Gasteiger partial charge in [0.05, 0.1) is 25.4 Å². The zero-order chi connectivity index (χ0) is 58.5. The highest BCUT2D eigenvalue weighted by molar-refractivity contribution is 5.76. The van der Waals surface area contributed by atoms with Crippen molar-refractivity contribution in [3.8, 4) is 0 Å². The molecule has 0 saturated heterocycles. The summed E-state index contributed by atoms with van der Waals surface area (Å²) in [4.78, 5) is 24.6. The molecule has 3 N–H and O–H groups in total. The van der Waals surface area contributed by atoms with Crippen LogP contribution in [0.4, 0.5) is 0 Å². The standard InChI is InChI=1S/C75H149NO5/c1-3-5-7-9-11-13-15-17-18-19-20-21-31-34-37-40-44-47-51-55-59-63-67-73(78)72(71-77)76-74(79)68-64-60-56-52-48-45-41-38-35-32-29-27-25-23-22-24-26-28-30-33-36-39-42-46-50-54-58-62-66-70-81-75(80)69-65-61-57-53-49-43-16-14-12-10-8-6-4-2/h72-73,77-78H,3-71H2,1-2H3,(H,76,79). The van der Waals surface area contributed by atoms with Gasteiger partial charge in [0.25, 0.3) is 0 Å². The first-order valence-corrected chi connectivity index (χ1v) is 37.8. The van der Waals surface area contributed by atoms with Crippen LogP contribution in [-0.4, -0.2) is 47.4 Å². The van der Waals surface area contributed by atoms with E-state index in [-0.39, 0.29) is 18.5 Å². The minimum absolute atomic E-state index is 0.0225. The van der Waals surface area contributed by atoms with Crippen molar-refractivity contribution in [2.75, 3.05) is 13.2 Å². The van der Waals surface area contributed by atoms with Crippen LogP contribution in [-0.2, 0) is 14.3 Å². The molecule has 0 heterocycles. The monoisotopic (exact) mass is 1140 g/mol. The van der Waals surface area contributed by atoms with E-state index in [0.717, 1.165) is 38.5 Å². The molecule has 0 aliphatic heterocycles. The van der Waals surface area contributed by atoms with Crippen molar-refractivity contribution < 1.29 is 24.5 Å². The van der Waals surface area contributed by atoms with Crippen molar-refractivity contribution in [1.82, 2.24) is 5.32 Å². The molecule has 2 atom stereocenters. The van der Waals surface area contributed by atoms with E-state index in [1.165, 1.54) is 372 Å². The Hall–Kier alpha value is -1.14. The molecule has 0 aromatic carbocycles. The number of aliphatic hydroxyl groups is 2. The van der Waals surface area contributed by atoms with Crippen LogP contribution < -0.4 is 5.32 Å². The van der Waals surface area contributed by atoms with Crippen molar-refractivity contribution in [2.45, 2.75) is 456 Å². The summed E-state index contributed by atoms with van der Waals surface area (Å²) in [5, 5.41) is 23.5. The Morgan fingerprint density at radius 3 is 0.753 bits per heavy atom. The van der Waals surface area contributed by atoms with Gasteiger partial charge >= 0.3 is 5.97 Å². The first kappa shape index (κ1) is 79.9. The lowest BCUT2D eigenvalue weighted by Crippen LogP contribution is -2.45. The van der Waals surface area contributed by atoms with E-state index in [1.807, 2.05) is 0 Å². The molecule has 1 amide bonds. The third-order valence-corrected chi connectivity index (χ3v) is 18.2. The number of rotatable bonds is 72. The average molecular weight is 1150 g/mol. The van der Waals surface area contributed by atoms with Crippen LogP contribution in [0.5, 0.6) is 0 Å². The molecule has 0 saturated carbocycles. The quantitative estimate of drug-likeness (QED) is 0.0417. The Morgan fingerprint density at radius 2 is 0.506 bits per heavy atom. The molecule has 6 nitrogen and oxygen atoms in total. The average Bonchev–Trinajstić information content (AvgIpc) is 3.47. The number of ether oxygens (including phenoxy) is 1. The number of amides is 1. The Kier molecular flexibility index (Phi) is 70.3. The Labute approximate surface area is 508 Å². The summed E-state index contributed by atoms with van der Waals surface area (Å²) in [6.45, 7) is 5.01. The first-order chi connectivity index (χ1) is 40.0. The van der Waals surface area contributed by atoms with Gasteiger partial charge in [0, 0.05) is 12.8 Å². The molecule has 0 aromatic heterocycles. The molecule has 0 radical (unpaired) electrons. The molecule has 0 spiro atoms. The number of carbonyl (C=O) groups excluding carboxylic acids is 2. The largest absolute Gasteiger partial charge is 0.466 e. The van der Waals surface area contributed by atoms with E-state index in [9.17, 15) is 19.8 Å². The van der Waals surface area contributed by atoms with Gasteiger partial charge in [0.1, 0.15) is 0 Å². The fourth-order valence-electron chi connectivity index (χ4n) is 12.4. The van der Waals surface area contributed by atoms with E-state index in [2.05, 4.69) is 19.2 Å². The van der Waals surface area contributed by atoms with Gasteiger partial charge in [-0.1, -0.05) is 406 Å². The van der Waals surface area contributed by atoms with Crippen molar-refractivity contribution in [2.24, 2.45) is 0 Å². The molecule has 0 fully saturated rings. The molecule has 81 heavy (non-hydrogen) atoms. The first-order valence-electron chi connectivity index (χ1n) is 37.8. The summed E-state index contributed by atoms with van der Waals surface area (Å²) in [6, 6.07) is -0.539. The number of hydrogen-bond donors (Lipinski definition) is 3. The third kappa shape index (κ3) is 67.9. The van der Waals surface area contributed by atoms with E-state index in [0.29, 0.717) is 25.9 Å². The molecule has 2 unspecified atom stereocenters. The number of aliphatic hydroxyl groups excluding tert-OH is 2. The molecule has 484 valence electrons. The van der Waals surface area contributed by atoms with Gasteiger partial charge in [-0.05, 0) is 25.7 Å². The van der Waals surface area contributed by atoms with Crippen LogP contribution >= 0.6 is 0 Å². The van der Waals surface area contributed by atoms with Gasteiger partial charge in [0.15, 0.2) is 0 Å². The summed E-state index contributed by atoms with van der Waals surface area (Å²) < 4.78 is 5.49. The molecule has 0 bridgehead atoms. The van der Waals surface area contributed by atoms with Crippen LogP contribution in [0.15, 0.2) is 0 Å². The number of hydrogen-bond acceptors (Lipinski definition) is 5. The van der Waals surface area contributed by atoms with Crippen LogP contribution in [0.1, 0.15) is 444 Å². The van der Waals surface area contributed by atoms with Gasteiger partial charge < -0.3 is 20.3 Å². The lowest BCUT2D eigenvalue weighted by Gasteiger charge is -2.22. The smallest absolute Gasteiger partial charge is 0.305 e. The Balaban J connectivity index is 3.33. The van der Waals surface area contributed by atoms with Crippen LogP contribution in [0.2, 0.25) is 0 Å². The van der Waals surface area contributed by atoms with Crippen LogP contribution in [0.3, 0.4) is 0 Å². The van der Waals surface area contributed by atoms with Crippen LogP contribution in [0, 0.1) is 0 Å². The normalized spacial score (nSPS) is 12.4. The number of unbranched alkanes of at least 4 members (excludes halogenated alkanes) is 61. The SMILES string of the molecule is CCCCCCCCCCCCCCCCCCCCCCCCC(O)C(CO)NC(=O)CCCCCCCCCCCCCCCCCCCCCCCCCCCCCCCOC(=O)CCCCCCCCCCCCCCC. The molecule has 0 aliphatic carbocycles. The van der Waals surface area contributed by atoms with Gasteiger partial charge in [-0.25, -0.2) is 0 Å². The lowest BCUT2D eigenvalue weighted by atomic mass is 10.0. The summed E-state index contributed by atoms with van der Waals surface area (Å²) in [7, 11) is 0. The van der Waals surface area contributed by atoms with Gasteiger partial charge in [-0.2, -0.15) is 0 Å². The van der Waals surface area contributed by atoms with Gasteiger partial charge in [0.2, 0.25) is 5.91 Å². The van der Waals surface area contributed by atoms with E-state index < -0.39 is 12.1 Å². The highest BCUT2D eigenvalue weighted by Crippen LogP contribution is 2.20. The maximum absolute atomic E-state index is 12.6. The van der Waals surface area contributed by atoms with Crippen molar-refractivity contribution in [3.05, 3.63) is 0 Å². The third-order valence-electron chi connectivity index (χ3n) is 18.2. The topological polar surface area (TPSA) is 95.9 Å². The minimum Gasteiger partial charge on any atom is -0.466 e. The molecule has 0 aromatic rings. The number of carbonyl (C=O) groups is 2. The maximum atomic E-state index is 12.6. The van der Waals surface area contributed by atoms with E-state index in [4.69, 9.17) is 4.74 Å². The predicted molar refractivity (Wildman–Crippen MR) is 357 cm³/mol. The second-order valence-electron chi connectivity index (χ2n) is 26.4. The van der Waals surface area contributed by atoms with Crippen molar-refractivity contribution in [3.63, 3.8) is 0 Å². The van der Waals surface area contributed by atoms with E-state index in [1.54, 1.807) is 0 Å². The van der Waals surface area contributed by atoms with Gasteiger partial charge in [-0.3, -0.25) is 9.59 Å². The maximum Gasteiger partial charge on any atom is 0.305 e. The fraction of sp³-hybridized carbons (Fsp3) is 0.973. The van der Waals surface area contributed by atoms with Crippen molar-refractivity contribution >= 4 is 11.9 Å².